The molecule has 0 aromatic heterocycles. The van der Waals surface area contributed by atoms with Gasteiger partial charge in [-0.1, -0.05) is 102 Å². The molecular formula is C33H55Br3N4O3. The third kappa shape index (κ3) is 5.47. The number of hydrogen-bond donors (Lipinski definition) is 6. The molecular weight excluding hydrogens is 740 g/mol. The monoisotopic (exact) mass is 792 g/mol. The number of alkyl halides is 3. The van der Waals surface area contributed by atoms with Crippen LogP contribution in [0.2, 0.25) is 0 Å². The molecule has 7 nitrogen and oxygen atoms in total. The van der Waals surface area contributed by atoms with Crippen LogP contribution in [0.4, 0.5) is 0 Å². The molecule has 1 aliphatic carbocycles. The number of fused-ring (bicyclic) bond motifs is 8. The summed E-state index contributed by atoms with van der Waals surface area (Å²) in [5.41, 5.74) is 0. The Balaban J connectivity index is 1.41. The van der Waals surface area contributed by atoms with Gasteiger partial charge in [-0.05, 0) is 60.2 Å². The van der Waals surface area contributed by atoms with Crippen LogP contribution in [0.15, 0.2) is 0 Å². The number of nitrogens with one attached hydrogen (secondary N) is 4. The normalized spacial score (nSPS) is 57.9. The number of hydrogen-bond acceptors (Lipinski definition) is 6. The van der Waals surface area contributed by atoms with Crippen LogP contribution in [0.5, 0.6) is 0 Å². The second kappa shape index (κ2) is 13.0. The van der Waals surface area contributed by atoms with Crippen molar-refractivity contribution in [2.75, 3.05) is 0 Å². The summed E-state index contributed by atoms with van der Waals surface area (Å²) in [6.07, 6.45) is 3.60. The van der Waals surface area contributed by atoms with E-state index in [1.165, 1.54) is 0 Å². The fraction of sp³-hybridized carbons (Fsp3) is 0.970. The van der Waals surface area contributed by atoms with Gasteiger partial charge in [0.05, 0.1) is 6.10 Å². The van der Waals surface area contributed by atoms with E-state index in [1.807, 2.05) is 0 Å². The molecule has 21 unspecified atom stereocenters. The first-order chi connectivity index (χ1) is 20.4. The second-order valence-electron chi connectivity index (χ2n) is 15.4. The first-order valence-electron chi connectivity index (χ1n) is 17.3. The summed E-state index contributed by atoms with van der Waals surface area (Å²) in [6.45, 7) is 14.3. The highest BCUT2D eigenvalue weighted by atomic mass is 79.9. The maximum Gasteiger partial charge on any atom is 0.303 e. The van der Waals surface area contributed by atoms with Crippen LogP contribution in [-0.4, -0.2) is 85.1 Å². The topological polar surface area (TPSA) is 106 Å². The predicted molar refractivity (Wildman–Crippen MR) is 183 cm³/mol. The van der Waals surface area contributed by atoms with E-state index in [0.29, 0.717) is 70.9 Å². The van der Waals surface area contributed by atoms with Crippen molar-refractivity contribution >= 4 is 53.8 Å². The molecule has 0 aromatic rings. The lowest BCUT2D eigenvalue weighted by Gasteiger charge is -2.35. The van der Waals surface area contributed by atoms with Gasteiger partial charge in [0.2, 0.25) is 0 Å². The van der Waals surface area contributed by atoms with E-state index >= 15 is 0 Å². The molecule has 43 heavy (non-hydrogen) atoms. The summed E-state index contributed by atoms with van der Waals surface area (Å²) >= 11 is 12.8. The number of aliphatic hydroxyl groups excluding tert-OH is 1. The molecule has 0 spiro atoms. The molecule has 6 fully saturated rings. The van der Waals surface area contributed by atoms with Crippen molar-refractivity contribution in [1.29, 1.82) is 0 Å². The SMILES string of the molecule is CCC1C(C)C2NC1C(Br)C1NC(C(Br)C3NC4C(CC(O)C4C3C)C3NC(C(C)C3CCC(=O)O)C2Br)C(CC)C1C. The molecule has 6 aliphatic rings. The number of carboxylic acid groups (broad SMARTS) is 1. The Hall–Kier alpha value is 0.710. The molecule has 21 atom stereocenters. The van der Waals surface area contributed by atoms with E-state index in [1.54, 1.807) is 0 Å². The average molecular weight is 796 g/mol. The van der Waals surface area contributed by atoms with Gasteiger partial charge in [0.1, 0.15) is 0 Å². The van der Waals surface area contributed by atoms with Crippen molar-refractivity contribution in [2.45, 2.75) is 143 Å². The van der Waals surface area contributed by atoms with Gasteiger partial charge in [-0.2, -0.15) is 0 Å². The number of aliphatic carboxylic acids is 1. The summed E-state index contributed by atoms with van der Waals surface area (Å²) < 4.78 is 0. The van der Waals surface area contributed by atoms with Crippen LogP contribution in [0.25, 0.3) is 0 Å². The van der Waals surface area contributed by atoms with Crippen LogP contribution < -0.4 is 21.3 Å². The Kier molecular flexibility index (Phi) is 10.1. The lowest BCUT2D eigenvalue weighted by Crippen LogP contribution is -2.56. The summed E-state index contributed by atoms with van der Waals surface area (Å²) in [6, 6.07) is 2.31. The first kappa shape index (κ1) is 33.6. The zero-order chi connectivity index (χ0) is 31.1. The summed E-state index contributed by atoms with van der Waals surface area (Å²) in [7, 11) is 0. The van der Waals surface area contributed by atoms with E-state index in [4.69, 9.17) is 0 Å². The van der Waals surface area contributed by atoms with Gasteiger partial charge < -0.3 is 31.5 Å². The molecule has 0 amide bonds. The van der Waals surface area contributed by atoms with Gasteiger partial charge in [-0.3, -0.25) is 4.79 Å². The predicted octanol–water partition coefficient (Wildman–Crippen LogP) is 4.73. The highest BCUT2D eigenvalue weighted by molar-refractivity contribution is 9.10. The Morgan fingerprint density at radius 1 is 0.651 bits per heavy atom. The van der Waals surface area contributed by atoms with Gasteiger partial charge in [0, 0.05) is 75.2 Å². The maximum absolute atomic E-state index is 11.8. The van der Waals surface area contributed by atoms with Gasteiger partial charge in [0.15, 0.2) is 0 Å². The molecule has 1 saturated carbocycles. The zero-order valence-corrected chi connectivity index (χ0v) is 31.4. The van der Waals surface area contributed by atoms with E-state index in [0.717, 1.165) is 19.3 Å². The summed E-state index contributed by atoms with van der Waals surface area (Å²) in [4.78, 5) is 12.6. The number of halogens is 3. The van der Waals surface area contributed by atoms with Crippen LogP contribution in [0.3, 0.4) is 0 Å². The van der Waals surface area contributed by atoms with Crippen LogP contribution in [-0.2, 0) is 4.79 Å². The molecule has 6 N–H and O–H groups in total. The minimum Gasteiger partial charge on any atom is -0.481 e. The van der Waals surface area contributed by atoms with Crippen molar-refractivity contribution in [3.8, 4) is 0 Å². The lowest BCUT2D eigenvalue weighted by molar-refractivity contribution is -0.137. The minimum atomic E-state index is -0.715. The summed E-state index contributed by atoms with van der Waals surface area (Å²) in [5, 5.41) is 37.9. The van der Waals surface area contributed by atoms with Gasteiger partial charge in [-0.15, -0.1) is 0 Å². The standard InChI is InChI=1S/C33H55Br3N4O3/c1-7-16-12(3)26-23(34)28-14(5)18(9-10-21(42)43)30(37-28)19-11-20(41)22-15(6)29(38-31(19)22)25(36)33-17(8-2)13(4)27(40-33)24(35)32(16)39-26/h12-20,22-33,37-41H,7-11H2,1-6H3,(H,42,43). The number of aliphatic hydroxyl groups is 1. The van der Waals surface area contributed by atoms with Crippen LogP contribution >= 0.6 is 47.8 Å². The molecule has 8 bridgehead atoms. The van der Waals surface area contributed by atoms with E-state index in [9.17, 15) is 15.0 Å². The van der Waals surface area contributed by atoms with Crippen molar-refractivity contribution in [3.63, 3.8) is 0 Å². The third-order valence-corrected chi connectivity index (χ3v) is 17.2. The second-order valence-corrected chi connectivity index (χ2v) is 18.6. The molecule has 5 heterocycles. The van der Waals surface area contributed by atoms with Crippen molar-refractivity contribution in [1.82, 2.24) is 21.3 Å². The van der Waals surface area contributed by atoms with Crippen LogP contribution in [0.1, 0.15) is 73.6 Å². The largest absolute Gasteiger partial charge is 0.481 e. The van der Waals surface area contributed by atoms with Gasteiger partial charge in [-0.25, -0.2) is 0 Å². The fourth-order valence-electron chi connectivity index (χ4n) is 11.6. The zero-order valence-electron chi connectivity index (χ0n) is 26.6. The molecule has 10 heteroatoms. The van der Waals surface area contributed by atoms with Crippen molar-refractivity contribution in [3.05, 3.63) is 0 Å². The Bertz CT molecular complexity index is 1030. The fourth-order valence-corrected chi connectivity index (χ4v) is 15.2. The minimum absolute atomic E-state index is 0.181. The molecule has 0 aromatic carbocycles. The Labute approximate surface area is 284 Å². The lowest BCUT2D eigenvalue weighted by atomic mass is 9.76. The quantitative estimate of drug-likeness (QED) is 0.224. The third-order valence-electron chi connectivity index (χ3n) is 13.8. The van der Waals surface area contributed by atoms with Crippen molar-refractivity contribution < 1.29 is 15.0 Å². The highest BCUT2D eigenvalue weighted by Gasteiger charge is 2.61. The molecule has 0 radical (unpaired) electrons. The molecule has 246 valence electrons. The smallest absolute Gasteiger partial charge is 0.303 e. The summed E-state index contributed by atoms with van der Waals surface area (Å²) in [5.74, 6) is 2.89. The first-order valence-corrected chi connectivity index (χ1v) is 20.0. The van der Waals surface area contributed by atoms with E-state index in [-0.39, 0.29) is 64.1 Å². The highest BCUT2D eigenvalue weighted by Crippen LogP contribution is 2.52. The Morgan fingerprint density at radius 2 is 1.07 bits per heavy atom. The average Bonchev–Trinajstić information content (AvgIpc) is 3.74. The number of carboxylic acids is 1. The molecule has 5 aliphatic heterocycles. The molecule has 5 saturated heterocycles. The van der Waals surface area contributed by atoms with Gasteiger partial charge in [0.25, 0.3) is 0 Å². The van der Waals surface area contributed by atoms with E-state index in [2.05, 4.69) is 111 Å². The van der Waals surface area contributed by atoms with Gasteiger partial charge >= 0.3 is 5.97 Å². The number of carbonyl (C=O) groups is 1. The van der Waals surface area contributed by atoms with Crippen LogP contribution in [0, 0.1) is 53.3 Å². The van der Waals surface area contributed by atoms with E-state index < -0.39 is 5.97 Å². The molecule has 6 rings (SSSR count). The maximum atomic E-state index is 11.8. The Morgan fingerprint density at radius 3 is 1.56 bits per heavy atom. The van der Waals surface area contributed by atoms with Crippen molar-refractivity contribution in [2.24, 2.45) is 53.3 Å². The number of rotatable bonds is 5.